The van der Waals surface area contributed by atoms with Crippen molar-refractivity contribution in [1.29, 1.82) is 0 Å². The number of carbonyl (C=O) groups excluding carboxylic acids is 1. The number of benzene rings is 1. The zero-order valence-corrected chi connectivity index (χ0v) is 16.4. The van der Waals surface area contributed by atoms with Gasteiger partial charge < -0.3 is 15.4 Å². The Morgan fingerprint density at radius 1 is 1.22 bits per heavy atom. The zero-order valence-electron chi connectivity index (χ0n) is 14.0. The number of H-pyrrole nitrogens is 1. The molecule has 0 aliphatic heterocycles. The number of aromatic nitrogens is 3. The minimum absolute atomic E-state index is 0.0121. The van der Waals surface area contributed by atoms with E-state index in [0.29, 0.717) is 5.82 Å². The van der Waals surface area contributed by atoms with Gasteiger partial charge in [0, 0.05) is 17.1 Å². The summed E-state index contributed by atoms with van der Waals surface area (Å²) in [4.78, 5) is 34.9. The fourth-order valence-electron chi connectivity index (χ4n) is 2.26. The van der Waals surface area contributed by atoms with Crippen LogP contribution in [-0.4, -0.2) is 31.7 Å². The van der Waals surface area contributed by atoms with Crippen LogP contribution in [0, 0.1) is 0 Å². The number of thioether (sulfide) groups is 1. The highest BCUT2D eigenvalue weighted by molar-refractivity contribution is 9.10. The Morgan fingerprint density at radius 2 is 2.00 bits per heavy atom. The van der Waals surface area contributed by atoms with Gasteiger partial charge in [0.05, 0.1) is 11.3 Å². The molecule has 0 saturated carbocycles. The average Bonchev–Trinajstić information content (AvgIpc) is 2.66. The van der Waals surface area contributed by atoms with Gasteiger partial charge in [0.1, 0.15) is 5.82 Å². The lowest BCUT2D eigenvalue weighted by Crippen LogP contribution is -2.18. The van der Waals surface area contributed by atoms with E-state index in [1.54, 1.807) is 18.3 Å². The average molecular weight is 447 g/mol. The first-order valence-corrected chi connectivity index (χ1v) is 9.69. The summed E-state index contributed by atoms with van der Waals surface area (Å²) in [5.41, 5.74) is 0.653. The van der Waals surface area contributed by atoms with Gasteiger partial charge in [0.15, 0.2) is 5.16 Å². The van der Waals surface area contributed by atoms with Gasteiger partial charge in [-0.25, -0.2) is 4.98 Å². The van der Waals surface area contributed by atoms with Crippen LogP contribution < -0.4 is 10.9 Å². The summed E-state index contributed by atoms with van der Waals surface area (Å²) in [6.07, 6.45) is 1.85. The predicted molar refractivity (Wildman–Crippen MR) is 107 cm³/mol. The third-order valence-electron chi connectivity index (χ3n) is 3.53. The quantitative estimate of drug-likeness (QED) is 0.396. The first kappa shape index (κ1) is 19.1. The Morgan fingerprint density at radius 3 is 2.67 bits per heavy atom. The molecular weight excluding hydrogens is 432 g/mol. The van der Waals surface area contributed by atoms with Crippen molar-refractivity contribution < 1.29 is 9.90 Å². The molecule has 3 aromatic rings. The largest absolute Gasteiger partial charge is 0.493 e. The zero-order chi connectivity index (χ0) is 19.2. The fraction of sp³-hybridized carbons (Fsp3) is 0.111. The third-order valence-corrected chi connectivity index (χ3v) is 4.87. The summed E-state index contributed by atoms with van der Waals surface area (Å²) in [5, 5.41) is 12.9. The molecule has 2 heterocycles. The van der Waals surface area contributed by atoms with E-state index in [1.807, 2.05) is 30.3 Å². The first-order chi connectivity index (χ1) is 13.0. The number of aromatic amines is 1. The lowest BCUT2D eigenvalue weighted by atomic mass is 10.1. The number of hydrogen-bond acceptors (Lipinski definition) is 6. The molecule has 138 valence electrons. The van der Waals surface area contributed by atoms with Gasteiger partial charge in [-0.15, -0.1) is 0 Å². The number of carbonyl (C=O) groups is 1. The Bertz CT molecular complexity index is 994. The van der Waals surface area contributed by atoms with Crippen LogP contribution in [0.2, 0.25) is 0 Å². The van der Waals surface area contributed by atoms with E-state index in [2.05, 4.69) is 36.2 Å². The molecule has 1 aromatic carbocycles. The summed E-state index contributed by atoms with van der Waals surface area (Å²) in [5.74, 6) is -0.199. The van der Waals surface area contributed by atoms with E-state index in [1.165, 1.54) is 0 Å². The van der Waals surface area contributed by atoms with Crippen LogP contribution in [0.3, 0.4) is 0 Å². The molecule has 1 amide bonds. The molecule has 0 fully saturated rings. The predicted octanol–water partition coefficient (Wildman–Crippen LogP) is 2.95. The number of nitrogens with one attached hydrogen (secondary N) is 2. The SMILES string of the molecule is O=C(CSc1nc(O)c(Cc2ccccc2)c(=O)[nH]1)Nc1ccc(Br)cn1. The minimum Gasteiger partial charge on any atom is -0.493 e. The van der Waals surface area contributed by atoms with E-state index < -0.39 is 5.56 Å². The summed E-state index contributed by atoms with van der Waals surface area (Å²) in [7, 11) is 0. The lowest BCUT2D eigenvalue weighted by molar-refractivity contribution is -0.113. The van der Waals surface area contributed by atoms with E-state index in [-0.39, 0.29) is 34.7 Å². The Hall–Kier alpha value is -2.65. The van der Waals surface area contributed by atoms with E-state index >= 15 is 0 Å². The van der Waals surface area contributed by atoms with Gasteiger partial charge in [-0.2, -0.15) is 4.98 Å². The Labute approximate surface area is 167 Å². The molecule has 0 radical (unpaired) electrons. The van der Waals surface area contributed by atoms with E-state index in [9.17, 15) is 14.7 Å². The highest BCUT2D eigenvalue weighted by atomic mass is 79.9. The maximum absolute atomic E-state index is 12.2. The molecule has 0 bridgehead atoms. The van der Waals surface area contributed by atoms with Crippen molar-refractivity contribution in [2.24, 2.45) is 0 Å². The van der Waals surface area contributed by atoms with Gasteiger partial charge in [-0.05, 0) is 33.6 Å². The second-order valence-corrected chi connectivity index (χ2v) is 7.41. The van der Waals surface area contributed by atoms with Crippen molar-refractivity contribution in [3.8, 4) is 5.88 Å². The molecule has 3 rings (SSSR count). The number of pyridine rings is 1. The Balaban J connectivity index is 1.63. The number of rotatable bonds is 6. The molecule has 0 unspecified atom stereocenters. The van der Waals surface area contributed by atoms with Gasteiger partial charge in [-0.1, -0.05) is 42.1 Å². The first-order valence-electron chi connectivity index (χ1n) is 7.91. The number of nitrogens with zero attached hydrogens (tertiary/aromatic N) is 2. The molecule has 3 N–H and O–H groups in total. The number of anilines is 1. The lowest BCUT2D eigenvalue weighted by Gasteiger charge is -2.07. The second-order valence-electron chi connectivity index (χ2n) is 5.53. The molecule has 7 nitrogen and oxygen atoms in total. The van der Waals surface area contributed by atoms with Crippen LogP contribution >= 0.6 is 27.7 Å². The number of halogens is 1. The topological polar surface area (TPSA) is 108 Å². The van der Waals surface area contributed by atoms with Crippen LogP contribution in [0.1, 0.15) is 11.1 Å². The molecule has 0 saturated heterocycles. The van der Waals surface area contributed by atoms with Gasteiger partial charge >= 0.3 is 0 Å². The van der Waals surface area contributed by atoms with Crippen molar-refractivity contribution in [2.45, 2.75) is 11.6 Å². The smallest absolute Gasteiger partial charge is 0.258 e. The standard InChI is InChI=1S/C18H15BrN4O3S/c19-12-6-7-14(20-9-12)21-15(24)10-27-18-22-16(25)13(17(26)23-18)8-11-4-2-1-3-5-11/h1-7,9H,8,10H2,(H,20,21,24)(H2,22,23,25,26). The van der Waals surface area contributed by atoms with Crippen LogP contribution in [0.15, 0.2) is 63.1 Å². The molecule has 2 aromatic heterocycles. The fourth-order valence-corrected chi connectivity index (χ4v) is 3.15. The third kappa shape index (κ3) is 5.41. The van der Waals surface area contributed by atoms with E-state index in [0.717, 1.165) is 21.8 Å². The summed E-state index contributed by atoms with van der Waals surface area (Å²) < 4.78 is 0.808. The monoisotopic (exact) mass is 446 g/mol. The number of amides is 1. The second kappa shape index (κ2) is 8.83. The molecule has 0 spiro atoms. The highest BCUT2D eigenvalue weighted by Gasteiger charge is 2.13. The molecule has 0 aliphatic rings. The molecular formula is C18H15BrN4O3S. The van der Waals surface area contributed by atoms with E-state index in [4.69, 9.17) is 0 Å². The van der Waals surface area contributed by atoms with Crippen molar-refractivity contribution in [3.63, 3.8) is 0 Å². The molecule has 9 heteroatoms. The molecule has 27 heavy (non-hydrogen) atoms. The number of aromatic hydroxyl groups is 1. The van der Waals surface area contributed by atoms with Gasteiger partial charge in [0.2, 0.25) is 11.8 Å². The molecule has 0 atom stereocenters. The van der Waals surface area contributed by atoms with Gasteiger partial charge in [0.25, 0.3) is 5.56 Å². The summed E-state index contributed by atoms with van der Waals surface area (Å²) in [6.45, 7) is 0. The van der Waals surface area contributed by atoms with Crippen molar-refractivity contribution >= 4 is 39.4 Å². The van der Waals surface area contributed by atoms with Crippen molar-refractivity contribution in [2.75, 3.05) is 11.1 Å². The number of hydrogen-bond donors (Lipinski definition) is 3. The summed E-state index contributed by atoms with van der Waals surface area (Å²) >= 11 is 4.29. The van der Waals surface area contributed by atoms with Crippen LogP contribution in [0.25, 0.3) is 0 Å². The van der Waals surface area contributed by atoms with Crippen LogP contribution in [0.4, 0.5) is 5.82 Å². The van der Waals surface area contributed by atoms with Crippen LogP contribution in [0.5, 0.6) is 5.88 Å². The highest BCUT2D eigenvalue weighted by Crippen LogP contribution is 2.19. The summed E-state index contributed by atoms with van der Waals surface area (Å²) in [6, 6.07) is 12.7. The minimum atomic E-state index is -0.427. The van der Waals surface area contributed by atoms with Crippen molar-refractivity contribution in [3.05, 3.63) is 74.6 Å². The van der Waals surface area contributed by atoms with Crippen molar-refractivity contribution in [1.82, 2.24) is 15.0 Å². The normalized spacial score (nSPS) is 10.6. The Kier molecular flexibility index (Phi) is 6.25. The molecule has 0 aliphatic carbocycles. The van der Waals surface area contributed by atoms with Gasteiger partial charge in [-0.3, -0.25) is 9.59 Å². The van der Waals surface area contributed by atoms with Crippen LogP contribution in [-0.2, 0) is 11.2 Å². The maximum Gasteiger partial charge on any atom is 0.258 e. The maximum atomic E-state index is 12.2.